The van der Waals surface area contributed by atoms with Crippen molar-refractivity contribution in [1.29, 1.82) is 5.41 Å². The Balaban J connectivity index is 1.28. The van der Waals surface area contributed by atoms with Crippen LogP contribution in [0.3, 0.4) is 0 Å². The summed E-state index contributed by atoms with van der Waals surface area (Å²) in [6.07, 6.45) is 8.26. The third-order valence-corrected chi connectivity index (χ3v) is 8.09. The number of anilines is 2. The number of benzene rings is 1. The summed E-state index contributed by atoms with van der Waals surface area (Å²) in [6, 6.07) is 12.5. The van der Waals surface area contributed by atoms with Crippen molar-refractivity contribution < 1.29 is 0 Å². The van der Waals surface area contributed by atoms with Gasteiger partial charge in [-0.2, -0.15) is 0 Å². The third kappa shape index (κ3) is 6.72. The van der Waals surface area contributed by atoms with Gasteiger partial charge >= 0.3 is 0 Å². The number of nitrogens with one attached hydrogen (secondary N) is 2. The predicted octanol–water partition coefficient (Wildman–Crippen LogP) is 5.43. The van der Waals surface area contributed by atoms with Crippen molar-refractivity contribution in [2.24, 2.45) is 5.92 Å². The van der Waals surface area contributed by atoms with E-state index in [9.17, 15) is 0 Å². The number of pyridine rings is 2. The van der Waals surface area contributed by atoms with E-state index in [1.54, 1.807) is 0 Å². The smallest absolute Gasteiger partial charge is 0.130 e. The molecule has 0 unspecified atom stereocenters. The first-order chi connectivity index (χ1) is 18.9. The highest BCUT2D eigenvalue weighted by molar-refractivity contribution is 6.13. The molecule has 2 aromatic heterocycles. The fraction of sp³-hybridized carbons (Fsp3) is 0.406. The molecule has 2 aliphatic heterocycles. The molecule has 5 rings (SSSR count). The number of aryl methyl sites for hydroxylation is 1. The first kappa shape index (κ1) is 27.0. The van der Waals surface area contributed by atoms with E-state index >= 15 is 0 Å². The predicted molar refractivity (Wildman–Crippen MR) is 162 cm³/mol. The van der Waals surface area contributed by atoms with E-state index in [-0.39, 0.29) is 0 Å². The summed E-state index contributed by atoms with van der Waals surface area (Å²) in [5.74, 6) is 1.78. The van der Waals surface area contributed by atoms with Crippen molar-refractivity contribution in [2.45, 2.75) is 33.2 Å². The van der Waals surface area contributed by atoms with E-state index in [2.05, 4.69) is 74.8 Å². The number of piperidine rings is 1. The molecule has 0 radical (unpaired) electrons. The molecule has 2 saturated heterocycles. The summed E-state index contributed by atoms with van der Waals surface area (Å²) in [7, 11) is 2.15. The van der Waals surface area contributed by atoms with Gasteiger partial charge in [0.1, 0.15) is 5.82 Å². The molecule has 0 saturated carbocycles. The van der Waals surface area contributed by atoms with Crippen LogP contribution in [-0.2, 0) is 6.54 Å². The van der Waals surface area contributed by atoms with Crippen molar-refractivity contribution in [2.75, 3.05) is 56.5 Å². The van der Waals surface area contributed by atoms with E-state index in [1.165, 1.54) is 18.4 Å². The van der Waals surface area contributed by atoms with Crippen LogP contribution in [0.25, 0.3) is 11.1 Å². The molecule has 7 nitrogen and oxygen atoms in total. The number of hydrogen-bond donors (Lipinski definition) is 2. The minimum Gasteiger partial charge on any atom is -0.354 e. The van der Waals surface area contributed by atoms with E-state index in [0.717, 1.165) is 85.5 Å². The van der Waals surface area contributed by atoms with Crippen molar-refractivity contribution in [3.8, 4) is 11.1 Å². The second kappa shape index (κ2) is 12.1. The maximum absolute atomic E-state index is 8.97. The standard InChI is InChI=1S/C32H41N7/c1-23-8-11-38(12-9-23)22-26-17-28(21-34-20-26)27-6-5-24(2)30(18-27)32(33)25(3)36-29-7-10-35-31(19-29)39-15-13-37(4)14-16-39/h5-7,10,17-21,23,33H,3,8-9,11-16,22H2,1-2,4H3,(H,35,36). The van der Waals surface area contributed by atoms with Crippen LogP contribution in [0.2, 0.25) is 0 Å². The number of likely N-dealkylation sites (N-methyl/N-ethyl adjacent to an activating group) is 1. The largest absolute Gasteiger partial charge is 0.354 e. The summed E-state index contributed by atoms with van der Waals surface area (Å²) >= 11 is 0. The lowest BCUT2D eigenvalue weighted by atomic mass is 9.96. The Morgan fingerprint density at radius 1 is 1.00 bits per heavy atom. The van der Waals surface area contributed by atoms with Crippen LogP contribution in [0, 0.1) is 18.3 Å². The lowest BCUT2D eigenvalue weighted by Crippen LogP contribution is -2.44. The first-order valence-electron chi connectivity index (χ1n) is 14.1. The molecule has 39 heavy (non-hydrogen) atoms. The van der Waals surface area contributed by atoms with E-state index in [4.69, 9.17) is 5.41 Å². The molecule has 0 amide bonds. The highest BCUT2D eigenvalue weighted by atomic mass is 15.3. The fourth-order valence-electron chi connectivity index (χ4n) is 5.39. The average molecular weight is 524 g/mol. The Morgan fingerprint density at radius 3 is 2.54 bits per heavy atom. The van der Waals surface area contributed by atoms with Gasteiger partial charge in [0.15, 0.2) is 0 Å². The number of rotatable bonds is 8. The maximum Gasteiger partial charge on any atom is 0.130 e. The maximum atomic E-state index is 8.97. The van der Waals surface area contributed by atoms with Gasteiger partial charge in [-0.15, -0.1) is 0 Å². The van der Waals surface area contributed by atoms with E-state index < -0.39 is 0 Å². The minimum absolute atomic E-state index is 0.388. The van der Waals surface area contributed by atoms with Crippen molar-refractivity contribution in [3.63, 3.8) is 0 Å². The van der Waals surface area contributed by atoms with Crippen LogP contribution >= 0.6 is 0 Å². The molecular formula is C32H41N7. The van der Waals surface area contributed by atoms with Crippen LogP contribution in [0.15, 0.2) is 67.3 Å². The number of nitrogens with zero attached hydrogens (tertiary/aromatic N) is 5. The van der Waals surface area contributed by atoms with Gasteiger partial charge in [0, 0.05) is 74.2 Å². The highest BCUT2D eigenvalue weighted by Gasteiger charge is 2.18. The summed E-state index contributed by atoms with van der Waals surface area (Å²) in [4.78, 5) is 16.3. The number of aromatic nitrogens is 2. The molecule has 4 heterocycles. The molecule has 2 N–H and O–H groups in total. The molecule has 0 spiro atoms. The lowest BCUT2D eigenvalue weighted by molar-refractivity contribution is 0.185. The van der Waals surface area contributed by atoms with Crippen LogP contribution < -0.4 is 10.2 Å². The van der Waals surface area contributed by atoms with E-state index in [1.807, 2.05) is 37.6 Å². The zero-order chi connectivity index (χ0) is 27.4. The second-order valence-electron chi connectivity index (χ2n) is 11.2. The molecule has 2 aliphatic rings. The Labute approximate surface area is 233 Å². The van der Waals surface area contributed by atoms with Gasteiger partial charge < -0.3 is 15.1 Å². The number of hydrogen-bond acceptors (Lipinski definition) is 7. The Bertz CT molecular complexity index is 1320. The topological polar surface area (TPSA) is 71.4 Å². The van der Waals surface area contributed by atoms with E-state index in [0.29, 0.717) is 11.4 Å². The second-order valence-corrected chi connectivity index (χ2v) is 11.2. The number of likely N-dealkylation sites (tertiary alicyclic amines) is 1. The molecule has 0 aliphatic carbocycles. The van der Waals surface area contributed by atoms with Crippen LogP contribution in [0.5, 0.6) is 0 Å². The summed E-state index contributed by atoms with van der Waals surface area (Å²) in [5.41, 5.74) is 7.15. The number of allylic oxidation sites excluding steroid dienone is 1. The molecule has 204 valence electrons. The molecule has 7 heteroatoms. The molecule has 0 atom stereocenters. The zero-order valence-corrected chi connectivity index (χ0v) is 23.6. The molecule has 2 fully saturated rings. The molecular weight excluding hydrogens is 482 g/mol. The van der Waals surface area contributed by atoms with Gasteiger partial charge in [-0.05, 0) is 80.7 Å². The van der Waals surface area contributed by atoms with Gasteiger partial charge in [0.05, 0.1) is 11.4 Å². The summed E-state index contributed by atoms with van der Waals surface area (Å²) in [6.45, 7) is 15.8. The average Bonchev–Trinajstić information content (AvgIpc) is 2.95. The lowest BCUT2D eigenvalue weighted by Gasteiger charge is -2.33. The SMILES string of the molecule is C=C(Nc1ccnc(N2CCN(C)CC2)c1)C(=N)c1cc(-c2cncc(CN3CCC(C)CC3)c2)ccc1C. The van der Waals surface area contributed by atoms with Crippen LogP contribution in [0.1, 0.15) is 36.5 Å². The van der Waals surface area contributed by atoms with Gasteiger partial charge in [-0.25, -0.2) is 4.98 Å². The summed E-state index contributed by atoms with van der Waals surface area (Å²) in [5, 5.41) is 12.3. The molecule has 1 aromatic carbocycles. The summed E-state index contributed by atoms with van der Waals surface area (Å²) < 4.78 is 0. The highest BCUT2D eigenvalue weighted by Crippen LogP contribution is 2.26. The van der Waals surface area contributed by atoms with Crippen molar-refractivity contribution >= 4 is 17.2 Å². The monoisotopic (exact) mass is 523 g/mol. The Hall–Kier alpha value is -3.55. The minimum atomic E-state index is 0.388. The van der Waals surface area contributed by atoms with Crippen LogP contribution in [-0.4, -0.2) is 71.8 Å². The Kier molecular flexibility index (Phi) is 8.38. The van der Waals surface area contributed by atoms with Gasteiger partial charge in [0.2, 0.25) is 0 Å². The molecule has 0 bridgehead atoms. The zero-order valence-electron chi connectivity index (χ0n) is 23.6. The van der Waals surface area contributed by atoms with Crippen molar-refractivity contribution in [3.05, 3.63) is 84.0 Å². The normalized spacial score (nSPS) is 17.3. The molecule has 3 aromatic rings. The van der Waals surface area contributed by atoms with Gasteiger partial charge in [-0.3, -0.25) is 15.3 Å². The van der Waals surface area contributed by atoms with Gasteiger partial charge in [-0.1, -0.05) is 25.6 Å². The number of piperazine rings is 1. The first-order valence-corrected chi connectivity index (χ1v) is 14.1. The van der Waals surface area contributed by atoms with Crippen molar-refractivity contribution in [1.82, 2.24) is 19.8 Å². The quantitative estimate of drug-likeness (QED) is 0.384. The van der Waals surface area contributed by atoms with Crippen LogP contribution in [0.4, 0.5) is 11.5 Å². The Morgan fingerprint density at radius 2 is 1.77 bits per heavy atom. The third-order valence-electron chi connectivity index (χ3n) is 8.09. The fourth-order valence-corrected chi connectivity index (χ4v) is 5.39. The van der Waals surface area contributed by atoms with Gasteiger partial charge in [0.25, 0.3) is 0 Å².